The number of aromatic nitrogens is 2. The van der Waals surface area contributed by atoms with E-state index < -0.39 is 17.2 Å². The number of rotatable bonds is 1. The van der Waals surface area contributed by atoms with Crippen LogP contribution in [0.1, 0.15) is 33.0 Å². The van der Waals surface area contributed by atoms with Crippen molar-refractivity contribution in [1.82, 2.24) is 9.97 Å². The number of nitrogens with one attached hydrogen (secondary N) is 3. The third-order valence-electron chi connectivity index (χ3n) is 5.04. The molecule has 2 aromatic carbocycles. The molecule has 1 aliphatic heterocycles. The number of hydrogen-bond acceptors (Lipinski definition) is 4. The number of H-pyrrole nitrogens is 2. The van der Waals surface area contributed by atoms with E-state index in [9.17, 15) is 14.4 Å². The largest absolute Gasteiger partial charge is 0.340 e. The first-order valence-corrected chi connectivity index (χ1v) is 9.18. The molecule has 0 bridgehead atoms. The van der Waals surface area contributed by atoms with E-state index >= 15 is 0 Å². The van der Waals surface area contributed by atoms with Gasteiger partial charge >= 0.3 is 5.69 Å². The van der Waals surface area contributed by atoms with Crippen LogP contribution in [-0.2, 0) is 0 Å². The van der Waals surface area contributed by atoms with Crippen molar-refractivity contribution in [3.05, 3.63) is 101 Å². The molecular weight excluding hydrogens is 401 g/mol. The fourth-order valence-corrected chi connectivity index (χ4v) is 4.42. The zero-order valence-electron chi connectivity index (χ0n) is 14.1. The number of ketones is 1. The molecule has 0 unspecified atom stereocenters. The molecule has 0 fully saturated rings. The Hall–Kier alpha value is -3.09. The van der Waals surface area contributed by atoms with Crippen molar-refractivity contribution >= 4 is 40.5 Å². The Morgan fingerprint density at radius 2 is 1.64 bits per heavy atom. The van der Waals surface area contributed by atoms with Gasteiger partial charge in [-0.1, -0.05) is 53.5 Å². The number of allylic oxidation sites excluding steroid dienone is 1. The molecule has 1 aliphatic carbocycles. The highest BCUT2D eigenvalue weighted by Gasteiger charge is 2.42. The molecule has 2 heterocycles. The number of carbonyl (C=O) groups excluding carboxylic acids is 1. The van der Waals surface area contributed by atoms with Gasteiger partial charge in [-0.15, -0.1) is 0 Å². The second kappa shape index (κ2) is 5.95. The molecule has 0 saturated carbocycles. The summed E-state index contributed by atoms with van der Waals surface area (Å²) in [6.45, 7) is 0. The molecule has 3 aromatic rings. The Morgan fingerprint density at radius 1 is 0.893 bits per heavy atom. The van der Waals surface area contributed by atoms with Crippen molar-refractivity contribution in [2.75, 3.05) is 5.32 Å². The van der Waals surface area contributed by atoms with E-state index in [0.29, 0.717) is 38.0 Å². The zero-order valence-corrected chi connectivity index (χ0v) is 15.6. The van der Waals surface area contributed by atoms with Gasteiger partial charge in [0.15, 0.2) is 5.78 Å². The van der Waals surface area contributed by atoms with E-state index in [0.717, 1.165) is 0 Å². The van der Waals surface area contributed by atoms with E-state index in [-0.39, 0.29) is 17.2 Å². The standard InChI is InChI=1S/C20H11Cl2N3O3/c21-8-5-6-11(12(22)7-8)13-14-16(9-3-1-2-4-10(9)17(14)26)23-18-15(13)19(27)25-20(28)24-18/h1-7,13H,(H3,23,24,25,27,28)/t13-/m0/s1. The second-order valence-corrected chi connectivity index (χ2v) is 7.43. The third kappa shape index (κ3) is 2.32. The minimum Gasteiger partial charge on any atom is -0.340 e. The Bertz CT molecular complexity index is 1340. The summed E-state index contributed by atoms with van der Waals surface area (Å²) in [7, 11) is 0. The molecule has 0 amide bonds. The van der Waals surface area contributed by atoms with Crippen LogP contribution < -0.4 is 16.6 Å². The average Bonchev–Trinajstić information content (AvgIpc) is 2.93. The summed E-state index contributed by atoms with van der Waals surface area (Å²) in [6.07, 6.45) is 0. The predicted molar refractivity (Wildman–Crippen MR) is 107 cm³/mol. The molecule has 2 aliphatic rings. The third-order valence-corrected chi connectivity index (χ3v) is 5.60. The van der Waals surface area contributed by atoms with Crippen molar-refractivity contribution in [2.45, 2.75) is 5.92 Å². The number of anilines is 1. The lowest BCUT2D eigenvalue weighted by Gasteiger charge is -2.27. The quantitative estimate of drug-likeness (QED) is 0.570. The van der Waals surface area contributed by atoms with Crippen molar-refractivity contribution in [3.8, 4) is 0 Å². The lowest BCUT2D eigenvalue weighted by atomic mass is 9.81. The molecule has 6 nitrogen and oxygen atoms in total. The number of hydrogen-bond donors (Lipinski definition) is 3. The maximum Gasteiger partial charge on any atom is 0.327 e. The first-order chi connectivity index (χ1) is 13.5. The van der Waals surface area contributed by atoms with Gasteiger partial charge in [-0.05, 0) is 17.7 Å². The van der Waals surface area contributed by atoms with Gasteiger partial charge in [-0.25, -0.2) is 4.79 Å². The summed E-state index contributed by atoms with van der Waals surface area (Å²) in [4.78, 5) is 42.6. The fraction of sp³-hybridized carbons (Fsp3) is 0.0500. The van der Waals surface area contributed by atoms with Crippen molar-refractivity contribution in [1.29, 1.82) is 0 Å². The second-order valence-electron chi connectivity index (χ2n) is 6.58. The van der Waals surface area contributed by atoms with Crippen LogP contribution in [0.25, 0.3) is 5.70 Å². The molecule has 5 rings (SSSR count). The number of benzene rings is 2. The number of fused-ring (bicyclic) bond motifs is 3. The number of carbonyl (C=O) groups is 1. The number of halogens is 2. The van der Waals surface area contributed by atoms with Crippen LogP contribution >= 0.6 is 23.2 Å². The van der Waals surface area contributed by atoms with Crippen LogP contribution in [-0.4, -0.2) is 15.8 Å². The number of aromatic amines is 2. The molecule has 28 heavy (non-hydrogen) atoms. The first kappa shape index (κ1) is 17.0. The van der Waals surface area contributed by atoms with Crippen molar-refractivity contribution in [2.24, 2.45) is 0 Å². The van der Waals surface area contributed by atoms with E-state index in [1.165, 1.54) is 0 Å². The predicted octanol–water partition coefficient (Wildman–Crippen LogP) is 3.54. The SMILES string of the molecule is O=C1C2=C(Nc3[nH]c(=O)[nH]c(=O)c3[C@H]2c2ccc(Cl)cc2Cl)c2ccccc21. The van der Waals surface area contributed by atoms with E-state index in [4.69, 9.17) is 23.2 Å². The Balaban J connectivity index is 1.86. The molecule has 0 spiro atoms. The maximum atomic E-state index is 13.2. The summed E-state index contributed by atoms with van der Waals surface area (Å²) in [6, 6.07) is 12.1. The van der Waals surface area contributed by atoms with Crippen molar-refractivity contribution in [3.63, 3.8) is 0 Å². The lowest BCUT2D eigenvalue weighted by molar-refractivity contribution is 0.103. The highest BCUT2D eigenvalue weighted by molar-refractivity contribution is 6.35. The molecule has 1 aromatic heterocycles. The first-order valence-electron chi connectivity index (χ1n) is 8.42. The Kier molecular flexibility index (Phi) is 3.62. The van der Waals surface area contributed by atoms with Gasteiger partial charge in [0.05, 0.1) is 17.2 Å². The highest BCUT2D eigenvalue weighted by atomic mass is 35.5. The molecule has 0 radical (unpaired) electrons. The van der Waals surface area contributed by atoms with Gasteiger partial charge in [0.1, 0.15) is 5.82 Å². The monoisotopic (exact) mass is 411 g/mol. The van der Waals surface area contributed by atoms with Gasteiger partial charge in [0, 0.05) is 26.7 Å². The lowest BCUT2D eigenvalue weighted by Crippen LogP contribution is -2.33. The smallest absolute Gasteiger partial charge is 0.327 e. The van der Waals surface area contributed by atoms with Gasteiger partial charge in [0.25, 0.3) is 5.56 Å². The minimum absolute atomic E-state index is 0.189. The molecule has 1 atom stereocenters. The Morgan fingerprint density at radius 3 is 2.39 bits per heavy atom. The summed E-state index contributed by atoms with van der Waals surface area (Å²) >= 11 is 12.5. The summed E-state index contributed by atoms with van der Waals surface area (Å²) in [5.74, 6) is -0.699. The number of Topliss-reactive ketones (excluding diaryl/α,β-unsaturated/α-hetero) is 1. The molecular formula is C20H11Cl2N3O3. The van der Waals surface area contributed by atoms with Crippen LogP contribution in [0.3, 0.4) is 0 Å². The Labute approximate surface area is 167 Å². The average molecular weight is 412 g/mol. The molecule has 138 valence electrons. The summed E-state index contributed by atoms with van der Waals surface area (Å²) < 4.78 is 0. The molecule has 0 saturated heterocycles. The summed E-state index contributed by atoms with van der Waals surface area (Å²) in [5, 5.41) is 3.84. The fourth-order valence-electron chi connectivity index (χ4n) is 3.90. The van der Waals surface area contributed by atoms with Crippen LogP contribution in [0, 0.1) is 0 Å². The van der Waals surface area contributed by atoms with Crippen LogP contribution in [0.5, 0.6) is 0 Å². The minimum atomic E-state index is -0.753. The highest BCUT2D eigenvalue weighted by Crippen LogP contribution is 2.48. The van der Waals surface area contributed by atoms with Crippen LogP contribution in [0.4, 0.5) is 5.82 Å². The van der Waals surface area contributed by atoms with E-state index in [2.05, 4.69) is 15.3 Å². The molecule has 3 N–H and O–H groups in total. The van der Waals surface area contributed by atoms with Gasteiger partial charge in [-0.2, -0.15) is 0 Å². The van der Waals surface area contributed by atoms with Crippen LogP contribution in [0.2, 0.25) is 10.0 Å². The van der Waals surface area contributed by atoms with Gasteiger partial charge < -0.3 is 5.32 Å². The molecule has 8 heteroatoms. The van der Waals surface area contributed by atoms with Crippen LogP contribution in [0.15, 0.2) is 57.6 Å². The van der Waals surface area contributed by atoms with E-state index in [1.807, 2.05) is 12.1 Å². The normalized spacial score (nSPS) is 17.1. The van der Waals surface area contributed by atoms with Gasteiger partial charge in [-0.3, -0.25) is 19.6 Å². The van der Waals surface area contributed by atoms with Crippen molar-refractivity contribution < 1.29 is 4.79 Å². The van der Waals surface area contributed by atoms with Gasteiger partial charge in [0.2, 0.25) is 0 Å². The zero-order chi connectivity index (χ0) is 19.6. The van der Waals surface area contributed by atoms with E-state index in [1.54, 1.807) is 30.3 Å². The maximum absolute atomic E-state index is 13.2. The summed E-state index contributed by atoms with van der Waals surface area (Å²) in [5.41, 5.74) is 1.77. The topological polar surface area (TPSA) is 94.8 Å².